The minimum atomic E-state index is -0.762. The van der Waals surface area contributed by atoms with Gasteiger partial charge in [-0.15, -0.1) is 0 Å². The standard InChI is InChI=1S/C7H8N2O2/c1-8-6-4-2-3-5(9-6)7(10)11/h2-4H,1H3,(H,8,9)(H,10,11)/p+1. The second-order valence-corrected chi connectivity index (χ2v) is 1.99. The summed E-state index contributed by atoms with van der Waals surface area (Å²) in [5, 5.41) is 9.54. The first kappa shape index (κ1) is 7.53. The van der Waals surface area contributed by atoms with Gasteiger partial charge >= 0.3 is 5.97 Å². The minimum Gasteiger partial charge on any atom is -0.560 e. The molecule has 0 saturated heterocycles. The molecule has 4 heteroatoms. The van der Waals surface area contributed by atoms with E-state index < -0.39 is 5.97 Å². The fourth-order valence-electron chi connectivity index (χ4n) is 0.700. The maximum Gasteiger partial charge on any atom is 0.567 e. The Hall–Kier alpha value is -1.58. The van der Waals surface area contributed by atoms with Crippen molar-refractivity contribution >= 4 is 11.8 Å². The fraction of sp³-hybridized carbons (Fsp3) is 0.143. The highest BCUT2D eigenvalue weighted by Crippen LogP contribution is 2.02. The van der Waals surface area contributed by atoms with E-state index in [0.717, 1.165) is 0 Å². The van der Waals surface area contributed by atoms with E-state index >= 15 is 0 Å². The monoisotopic (exact) mass is 153 g/mol. The number of hydrogen-bond acceptors (Lipinski definition) is 3. The zero-order valence-corrected chi connectivity index (χ0v) is 6.09. The number of carbonyl (C=O) groups is 1. The largest absolute Gasteiger partial charge is 0.567 e. The van der Waals surface area contributed by atoms with Crippen LogP contribution in [0.3, 0.4) is 0 Å². The molecule has 1 aromatic rings. The molecule has 0 aromatic carbocycles. The van der Waals surface area contributed by atoms with Crippen LogP contribution < -0.4 is 5.32 Å². The number of carbonyl (C=O) groups excluding carboxylic acids is 1. The van der Waals surface area contributed by atoms with Gasteiger partial charge in [0.05, 0.1) is 0 Å². The third-order valence-corrected chi connectivity index (χ3v) is 1.24. The van der Waals surface area contributed by atoms with E-state index in [1.165, 1.54) is 6.07 Å². The first-order valence-corrected chi connectivity index (χ1v) is 3.15. The van der Waals surface area contributed by atoms with Crippen molar-refractivity contribution in [1.82, 2.24) is 4.98 Å². The Morgan fingerprint density at radius 1 is 1.64 bits per heavy atom. The van der Waals surface area contributed by atoms with Gasteiger partial charge in [0.25, 0.3) is 0 Å². The Morgan fingerprint density at radius 2 is 2.36 bits per heavy atom. The lowest BCUT2D eigenvalue weighted by molar-refractivity contribution is 0.0690. The average Bonchev–Trinajstić information content (AvgIpc) is 2.05. The van der Waals surface area contributed by atoms with Crippen molar-refractivity contribution < 1.29 is 9.90 Å². The van der Waals surface area contributed by atoms with Gasteiger partial charge in [0, 0.05) is 11.8 Å². The molecule has 1 rings (SSSR count). The summed E-state index contributed by atoms with van der Waals surface area (Å²) in [6.07, 6.45) is 0. The predicted octanol–water partition coefficient (Wildman–Crippen LogP) is -0.0119. The van der Waals surface area contributed by atoms with Crippen molar-refractivity contribution in [2.24, 2.45) is 0 Å². The molecule has 1 heterocycles. The van der Waals surface area contributed by atoms with E-state index in [0.29, 0.717) is 5.82 Å². The number of hydrogen-bond donors (Lipinski definition) is 1. The molecule has 0 aliphatic carbocycles. The van der Waals surface area contributed by atoms with Crippen molar-refractivity contribution in [3.8, 4) is 0 Å². The van der Waals surface area contributed by atoms with E-state index in [-0.39, 0.29) is 5.69 Å². The summed E-state index contributed by atoms with van der Waals surface area (Å²) in [5.41, 5.74) is 0.164. The summed E-state index contributed by atoms with van der Waals surface area (Å²) in [5.74, 6) is -0.162. The van der Waals surface area contributed by atoms with Gasteiger partial charge in [0.15, 0.2) is 0 Å². The van der Waals surface area contributed by atoms with E-state index in [2.05, 4.69) is 10.3 Å². The first-order chi connectivity index (χ1) is 5.24. The van der Waals surface area contributed by atoms with Crippen LogP contribution in [-0.2, 0) is 0 Å². The van der Waals surface area contributed by atoms with Crippen molar-refractivity contribution in [2.45, 2.75) is 0 Å². The number of nitrogens with one attached hydrogen (secondary N) is 1. The maximum atomic E-state index is 10.5. The Balaban J connectivity index is 3.01. The lowest BCUT2D eigenvalue weighted by atomic mass is 10.3. The van der Waals surface area contributed by atoms with Crippen LogP contribution in [0.25, 0.3) is 0 Å². The molecular formula is C7H9N2O2+. The second-order valence-electron chi connectivity index (χ2n) is 1.99. The highest BCUT2D eigenvalue weighted by molar-refractivity contribution is 5.85. The van der Waals surface area contributed by atoms with Crippen LogP contribution in [-0.4, -0.2) is 23.1 Å². The highest BCUT2D eigenvalue weighted by atomic mass is 16.4. The van der Waals surface area contributed by atoms with Crippen molar-refractivity contribution in [3.63, 3.8) is 0 Å². The molecule has 0 aliphatic heterocycles. The van der Waals surface area contributed by atoms with Gasteiger partial charge in [-0.2, -0.15) is 0 Å². The van der Waals surface area contributed by atoms with Gasteiger partial charge in [-0.05, 0) is 12.1 Å². The molecule has 3 N–H and O–H groups in total. The molecular weight excluding hydrogens is 144 g/mol. The highest BCUT2D eigenvalue weighted by Gasteiger charge is 2.11. The number of anilines is 1. The summed E-state index contributed by atoms with van der Waals surface area (Å²) in [7, 11) is 1.71. The zero-order valence-electron chi connectivity index (χ0n) is 6.09. The molecule has 0 bridgehead atoms. The first-order valence-electron chi connectivity index (χ1n) is 3.15. The molecule has 58 valence electrons. The molecule has 0 unspecified atom stereocenters. The molecule has 4 nitrogen and oxygen atoms in total. The van der Waals surface area contributed by atoms with E-state index in [9.17, 15) is 4.79 Å². The normalized spacial score (nSPS) is 9.18. The quantitative estimate of drug-likeness (QED) is 0.607. The summed E-state index contributed by atoms with van der Waals surface area (Å²) < 4.78 is 0. The minimum absolute atomic E-state index is 0.164. The van der Waals surface area contributed by atoms with Gasteiger partial charge in [0.1, 0.15) is 5.82 Å². The molecule has 0 amide bonds. The third kappa shape index (κ3) is 1.67. The van der Waals surface area contributed by atoms with Crippen molar-refractivity contribution in [1.29, 1.82) is 0 Å². The Kier molecular flexibility index (Phi) is 2.06. The topological polar surface area (TPSA) is 64.9 Å². The number of pyridine rings is 1. The van der Waals surface area contributed by atoms with E-state index in [1.807, 2.05) is 0 Å². The Bertz CT molecular complexity index is 273. The number of aromatic nitrogens is 1. The van der Waals surface area contributed by atoms with E-state index in [1.54, 1.807) is 19.2 Å². The van der Waals surface area contributed by atoms with Crippen molar-refractivity contribution in [3.05, 3.63) is 23.9 Å². The van der Waals surface area contributed by atoms with Gasteiger partial charge in [-0.25, -0.2) is 4.98 Å². The lowest BCUT2D eigenvalue weighted by Crippen LogP contribution is -2.02. The molecule has 11 heavy (non-hydrogen) atoms. The summed E-state index contributed by atoms with van der Waals surface area (Å²) >= 11 is 0. The predicted molar refractivity (Wildman–Crippen MR) is 41.7 cm³/mol. The fourth-order valence-corrected chi connectivity index (χ4v) is 0.700. The molecule has 0 fully saturated rings. The van der Waals surface area contributed by atoms with Crippen LogP contribution in [0.15, 0.2) is 18.2 Å². The molecule has 1 aromatic heterocycles. The molecule has 0 saturated carbocycles. The van der Waals surface area contributed by atoms with Crippen LogP contribution in [0.4, 0.5) is 5.82 Å². The molecule has 0 spiro atoms. The molecule has 0 atom stereocenters. The molecule has 0 aliphatic rings. The number of rotatable bonds is 2. The van der Waals surface area contributed by atoms with Gasteiger partial charge < -0.3 is 10.4 Å². The SMILES string of the molecule is CNc1cccc(C(=O)[OH2+])n1. The van der Waals surface area contributed by atoms with Crippen molar-refractivity contribution in [2.75, 3.05) is 12.4 Å². The van der Waals surface area contributed by atoms with Crippen LogP contribution in [0.1, 0.15) is 10.5 Å². The number of nitrogens with zero attached hydrogens (tertiary/aromatic N) is 1. The van der Waals surface area contributed by atoms with Gasteiger partial charge in [-0.1, -0.05) is 6.07 Å². The van der Waals surface area contributed by atoms with E-state index in [4.69, 9.17) is 5.11 Å². The summed E-state index contributed by atoms with van der Waals surface area (Å²) in [4.78, 5) is 14.3. The second kappa shape index (κ2) is 3.01. The summed E-state index contributed by atoms with van der Waals surface area (Å²) in [6.45, 7) is 0. The average molecular weight is 153 g/mol. The van der Waals surface area contributed by atoms with Crippen LogP contribution in [0, 0.1) is 0 Å². The summed E-state index contributed by atoms with van der Waals surface area (Å²) in [6, 6.07) is 4.92. The smallest absolute Gasteiger partial charge is 0.560 e. The Morgan fingerprint density at radius 3 is 2.91 bits per heavy atom. The van der Waals surface area contributed by atoms with Gasteiger partial charge in [0.2, 0.25) is 5.69 Å². The van der Waals surface area contributed by atoms with Crippen LogP contribution in [0.2, 0.25) is 0 Å². The maximum absolute atomic E-state index is 10.5. The van der Waals surface area contributed by atoms with Gasteiger partial charge in [-0.3, -0.25) is 0 Å². The van der Waals surface area contributed by atoms with Crippen LogP contribution in [0.5, 0.6) is 0 Å². The third-order valence-electron chi connectivity index (χ3n) is 1.24. The van der Waals surface area contributed by atoms with Crippen LogP contribution >= 0.6 is 0 Å². The lowest BCUT2D eigenvalue weighted by Gasteiger charge is -1.96. The Labute approximate surface area is 63.9 Å². The molecule has 0 radical (unpaired) electrons. The zero-order chi connectivity index (χ0) is 8.27.